The highest BCUT2D eigenvalue weighted by Gasteiger charge is 2.16. The molecule has 0 aliphatic rings. The summed E-state index contributed by atoms with van der Waals surface area (Å²) in [5.41, 5.74) is 2.04. The molecular formula is C20H12Cl2N4O2. The molecule has 0 fully saturated rings. The quantitative estimate of drug-likeness (QED) is 0.489. The average Bonchev–Trinajstić information content (AvgIpc) is 3.18. The van der Waals surface area contributed by atoms with Gasteiger partial charge in [-0.1, -0.05) is 46.6 Å². The Morgan fingerprint density at radius 3 is 2.50 bits per heavy atom. The molecule has 138 valence electrons. The summed E-state index contributed by atoms with van der Waals surface area (Å²) >= 11 is 12.5. The lowest BCUT2D eigenvalue weighted by molar-refractivity contribution is 0.102. The first-order valence-electron chi connectivity index (χ1n) is 8.23. The van der Waals surface area contributed by atoms with E-state index in [-0.39, 0.29) is 5.91 Å². The molecule has 2 aromatic carbocycles. The van der Waals surface area contributed by atoms with E-state index in [2.05, 4.69) is 20.4 Å². The fourth-order valence-electron chi connectivity index (χ4n) is 2.54. The minimum atomic E-state index is -0.329. The highest BCUT2D eigenvalue weighted by molar-refractivity contribution is 6.34. The summed E-state index contributed by atoms with van der Waals surface area (Å²) in [6, 6.07) is 17.3. The van der Waals surface area contributed by atoms with Gasteiger partial charge in [0.25, 0.3) is 11.8 Å². The van der Waals surface area contributed by atoms with Crippen LogP contribution in [0.4, 0.5) is 5.69 Å². The molecule has 1 N–H and O–H groups in total. The van der Waals surface area contributed by atoms with Crippen molar-refractivity contribution in [2.75, 3.05) is 5.32 Å². The summed E-state index contributed by atoms with van der Waals surface area (Å²) in [5, 5.41) is 7.60. The zero-order valence-corrected chi connectivity index (χ0v) is 15.8. The van der Waals surface area contributed by atoms with E-state index < -0.39 is 0 Å². The van der Waals surface area contributed by atoms with Gasteiger partial charge in [-0.3, -0.25) is 9.78 Å². The molecular weight excluding hydrogens is 399 g/mol. The van der Waals surface area contributed by atoms with Gasteiger partial charge in [0, 0.05) is 17.4 Å². The number of halogens is 2. The van der Waals surface area contributed by atoms with Gasteiger partial charge in [0.2, 0.25) is 5.82 Å². The number of nitrogens with zero attached hydrogens (tertiary/aromatic N) is 3. The van der Waals surface area contributed by atoms with E-state index in [1.54, 1.807) is 54.7 Å². The van der Waals surface area contributed by atoms with Crippen LogP contribution in [0.1, 0.15) is 10.5 Å². The predicted octanol–water partition coefficient (Wildman–Crippen LogP) is 5.36. The van der Waals surface area contributed by atoms with E-state index in [0.717, 1.165) is 0 Å². The zero-order chi connectivity index (χ0) is 19.5. The van der Waals surface area contributed by atoms with Gasteiger partial charge in [0.1, 0.15) is 5.69 Å². The summed E-state index contributed by atoms with van der Waals surface area (Å²) in [7, 11) is 0. The molecule has 8 heteroatoms. The number of pyridine rings is 1. The predicted molar refractivity (Wildman–Crippen MR) is 107 cm³/mol. The van der Waals surface area contributed by atoms with Crippen LogP contribution < -0.4 is 5.32 Å². The molecule has 1 amide bonds. The fraction of sp³-hybridized carbons (Fsp3) is 0. The molecule has 0 bridgehead atoms. The Bertz CT molecular complexity index is 1150. The lowest BCUT2D eigenvalue weighted by Gasteiger charge is -2.06. The highest BCUT2D eigenvalue weighted by Crippen LogP contribution is 2.32. The molecule has 4 aromatic rings. The first-order chi connectivity index (χ1) is 13.6. The molecule has 0 aliphatic heterocycles. The molecule has 28 heavy (non-hydrogen) atoms. The van der Waals surface area contributed by atoms with E-state index in [9.17, 15) is 4.79 Å². The third kappa shape index (κ3) is 3.74. The SMILES string of the molecule is O=C(Nc1ccc(-c2noc(-c3ccccc3Cl)n2)c(Cl)c1)c1ccccn1. The Hall–Kier alpha value is -3.22. The second kappa shape index (κ2) is 7.80. The van der Waals surface area contributed by atoms with E-state index in [1.165, 1.54) is 0 Å². The number of anilines is 1. The second-order valence-corrected chi connectivity index (χ2v) is 6.58. The number of nitrogens with one attached hydrogen (secondary N) is 1. The first kappa shape index (κ1) is 18.2. The molecule has 0 saturated carbocycles. The number of rotatable bonds is 4. The van der Waals surface area contributed by atoms with Gasteiger partial charge in [-0.25, -0.2) is 0 Å². The van der Waals surface area contributed by atoms with Crippen molar-refractivity contribution in [1.29, 1.82) is 0 Å². The maximum absolute atomic E-state index is 12.2. The summed E-state index contributed by atoms with van der Waals surface area (Å²) in [4.78, 5) is 20.6. The number of carbonyl (C=O) groups excluding carboxylic acids is 1. The van der Waals surface area contributed by atoms with Crippen molar-refractivity contribution in [3.8, 4) is 22.8 Å². The molecule has 0 unspecified atom stereocenters. The van der Waals surface area contributed by atoms with E-state index >= 15 is 0 Å². The number of hydrogen-bond donors (Lipinski definition) is 1. The lowest BCUT2D eigenvalue weighted by Crippen LogP contribution is -2.13. The molecule has 2 heterocycles. The normalized spacial score (nSPS) is 10.6. The highest BCUT2D eigenvalue weighted by atomic mass is 35.5. The van der Waals surface area contributed by atoms with Crippen molar-refractivity contribution < 1.29 is 9.32 Å². The van der Waals surface area contributed by atoms with Crippen molar-refractivity contribution in [1.82, 2.24) is 15.1 Å². The van der Waals surface area contributed by atoms with Gasteiger partial charge in [0.05, 0.1) is 15.6 Å². The number of carbonyl (C=O) groups is 1. The van der Waals surface area contributed by atoms with Crippen molar-refractivity contribution in [2.24, 2.45) is 0 Å². The minimum Gasteiger partial charge on any atom is -0.334 e. The number of benzene rings is 2. The van der Waals surface area contributed by atoms with Crippen molar-refractivity contribution in [2.45, 2.75) is 0 Å². The number of hydrogen-bond acceptors (Lipinski definition) is 5. The molecule has 0 saturated heterocycles. The van der Waals surface area contributed by atoms with Crippen LogP contribution in [-0.2, 0) is 0 Å². The van der Waals surface area contributed by atoms with E-state index in [4.69, 9.17) is 27.7 Å². The Morgan fingerprint density at radius 2 is 1.75 bits per heavy atom. The molecule has 0 aliphatic carbocycles. The molecule has 4 rings (SSSR count). The summed E-state index contributed by atoms with van der Waals surface area (Å²) in [6.07, 6.45) is 1.55. The molecule has 6 nitrogen and oxygen atoms in total. The first-order valence-corrected chi connectivity index (χ1v) is 8.98. The van der Waals surface area contributed by atoms with Gasteiger partial charge in [-0.2, -0.15) is 4.98 Å². The second-order valence-electron chi connectivity index (χ2n) is 5.77. The van der Waals surface area contributed by atoms with Crippen LogP contribution in [0, 0.1) is 0 Å². The zero-order valence-electron chi connectivity index (χ0n) is 14.3. The maximum atomic E-state index is 12.2. The standard InChI is InChI=1S/C20H12Cl2N4O2/c21-15-6-2-1-5-14(15)20-25-18(26-28-20)13-9-8-12(11-16(13)22)24-19(27)17-7-3-4-10-23-17/h1-11H,(H,24,27). The van der Waals surface area contributed by atoms with E-state index in [1.807, 2.05) is 12.1 Å². The van der Waals surface area contributed by atoms with Gasteiger partial charge in [0.15, 0.2) is 0 Å². The van der Waals surface area contributed by atoms with Crippen LogP contribution in [0.3, 0.4) is 0 Å². The molecule has 0 radical (unpaired) electrons. The molecule has 2 aromatic heterocycles. The largest absolute Gasteiger partial charge is 0.334 e. The van der Waals surface area contributed by atoms with Crippen LogP contribution >= 0.6 is 23.2 Å². The molecule has 0 spiro atoms. The average molecular weight is 411 g/mol. The van der Waals surface area contributed by atoms with Gasteiger partial charge < -0.3 is 9.84 Å². The fourth-order valence-corrected chi connectivity index (χ4v) is 3.02. The third-order valence-electron chi connectivity index (χ3n) is 3.90. The Morgan fingerprint density at radius 1 is 0.929 bits per heavy atom. The van der Waals surface area contributed by atoms with Crippen LogP contribution in [0.5, 0.6) is 0 Å². The summed E-state index contributed by atoms with van der Waals surface area (Å²) in [5.74, 6) is 0.289. The Balaban J connectivity index is 1.57. The Labute approximate surface area is 170 Å². The summed E-state index contributed by atoms with van der Waals surface area (Å²) in [6.45, 7) is 0. The van der Waals surface area contributed by atoms with Crippen LogP contribution in [0.2, 0.25) is 10.0 Å². The molecule has 0 atom stereocenters. The van der Waals surface area contributed by atoms with Crippen molar-refractivity contribution >= 4 is 34.8 Å². The van der Waals surface area contributed by atoms with Crippen LogP contribution in [0.15, 0.2) is 71.4 Å². The monoisotopic (exact) mass is 410 g/mol. The van der Waals surface area contributed by atoms with Crippen LogP contribution in [0.25, 0.3) is 22.8 Å². The summed E-state index contributed by atoms with van der Waals surface area (Å²) < 4.78 is 5.31. The van der Waals surface area contributed by atoms with Gasteiger partial charge >= 0.3 is 0 Å². The number of amides is 1. The van der Waals surface area contributed by atoms with E-state index in [0.29, 0.717) is 44.3 Å². The smallest absolute Gasteiger partial charge is 0.274 e. The van der Waals surface area contributed by atoms with Crippen molar-refractivity contribution in [3.63, 3.8) is 0 Å². The topological polar surface area (TPSA) is 80.9 Å². The van der Waals surface area contributed by atoms with Gasteiger partial charge in [-0.15, -0.1) is 0 Å². The third-order valence-corrected chi connectivity index (χ3v) is 4.54. The Kier molecular flexibility index (Phi) is 5.06. The van der Waals surface area contributed by atoms with Crippen LogP contribution in [-0.4, -0.2) is 21.0 Å². The lowest BCUT2D eigenvalue weighted by atomic mass is 10.2. The maximum Gasteiger partial charge on any atom is 0.274 e. The number of aromatic nitrogens is 3. The van der Waals surface area contributed by atoms with Gasteiger partial charge in [-0.05, 0) is 42.5 Å². The van der Waals surface area contributed by atoms with Crippen molar-refractivity contribution in [3.05, 3.63) is 82.6 Å². The minimum absolute atomic E-state index is 0.296.